The van der Waals surface area contributed by atoms with Crippen LogP contribution in [-0.4, -0.2) is 29.4 Å². The Bertz CT molecular complexity index is 549. The van der Waals surface area contributed by atoms with Crippen molar-refractivity contribution in [3.63, 3.8) is 0 Å². The van der Waals surface area contributed by atoms with Gasteiger partial charge in [0.2, 0.25) is 0 Å². The molecule has 0 unspecified atom stereocenters. The average molecular weight is 308 g/mol. The minimum atomic E-state index is -0.642. The van der Waals surface area contributed by atoms with E-state index in [2.05, 4.69) is 6.58 Å². The molecule has 0 aromatic rings. The summed E-state index contributed by atoms with van der Waals surface area (Å²) in [6.45, 7) is 10.7. The predicted molar refractivity (Wildman–Crippen MR) is 80.1 cm³/mol. The number of halogens is 1. The lowest BCUT2D eigenvalue weighted by molar-refractivity contribution is -0.118. The van der Waals surface area contributed by atoms with Gasteiger partial charge in [-0.2, -0.15) is 10.3 Å². The van der Waals surface area contributed by atoms with E-state index in [1.165, 1.54) is 13.0 Å². The van der Waals surface area contributed by atoms with Crippen molar-refractivity contribution in [2.75, 3.05) is 6.61 Å². The molecule has 0 radical (unpaired) electrons. The van der Waals surface area contributed by atoms with Gasteiger partial charge in [-0.15, -0.1) is 0 Å². The molecule has 1 aliphatic heterocycles. The highest BCUT2D eigenvalue weighted by molar-refractivity contribution is 5.68. The third kappa shape index (κ3) is 5.34. The molecule has 0 spiro atoms. The van der Waals surface area contributed by atoms with Gasteiger partial charge in [-0.1, -0.05) is 6.58 Å². The zero-order valence-corrected chi connectivity index (χ0v) is 13.4. The summed E-state index contributed by atoms with van der Waals surface area (Å²) in [5.41, 5.74) is -0.0325. The highest BCUT2D eigenvalue weighted by atomic mass is 19.1. The van der Waals surface area contributed by atoms with E-state index in [9.17, 15) is 9.18 Å². The molecule has 1 atom stereocenters. The van der Waals surface area contributed by atoms with E-state index in [1.54, 1.807) is 20.8 Å². The Morgan fingerprint density at radius 2 is 2.14 bits per heavy atom. The van der Waals surface area contributed by atoms with Gasteiger partial charge in [0.05, 0.1) is 30.1 Å². The van der Waals surface area contributed by atoms with Crippen LogP contribution in [0.2, 0.25) is 0 Å². The second-order valence-electron chi connectivity index (χ2n) is 5.96. The van der Waals surface area contributed by atoms with Gasteiger partial charge in [-0.25, -0.2) is 9.18 Å². The van der Waals surface area contributed by atoms with Crippen molar-refractivity contribution >= 4 is 6.09 Å². The predicted octanol–water partition coefficient (Wildman–Crippen LogP) is 3.81. The first-order chi connectivity index (χ1) is 10.1. The number of allylic oxidation sites excluding steroid dienone is 3. The second-order valence-corrected chi connectivity index (χ2v) is 5.96. The van der Waals surface area contributed by atoms with E-state index < -0.39 is 23.6 Å². The smallest absolute Gasteiger partial charge is 0.435 e. The topological polar surface area (TPSA) is 62.6 Å². The Labute approximate surface area is 130 Å². The summed E-state index contributed by atoms with van der Waals surface area (Å²) >= 11 is 0. The molecule has 0 N–H and O–H groups in total. The highest BCUT2D eigenvalue weighted by Gasteiger charge is 2.35. The summed E-state index contributed by atoms with van der Waals surface area (Å²) < 4.78 is 18.1. The lowest BCUT2D eigenvalue weighted by Gasteiger charge is -2.27. The number of rotatable bonds is 3. The van der Waals surface area contributed by atoms with E-state index in [0.717, 1.165) is 11.1 Å². The van der Waals surface area contributed by atoms with Gasteiger partial charge in [0.1, 0.15) is 5.60 Å². The van der Waals surface area contributed by atoms with Crippen molar-refractivity contribution in [3.8, 4) is 6.07 Å². The number of ether oxygens (including phenoxy) is 1. The quantitative estimate of drug-likeness (QED) is 0.587. The summed E-state index contributed by atoms with van der Waals surface area (Å²) in [5, 5.41) is 10.1. The third-order valence-electron chi connectivity index (χ3n) is 2.73. The minimum absolute atomic E-state index is 0.126. The van der Waals surface area contributed by atoms with Crippen LogP contribution in [0.15, 0.2) is 35.7 Å². The van der Waals surface area contributed by atoms with Gasteiger partial charge in [0, 0.05) is 6.42 Å². The molecular weight excluding hydrogens is 287 g/mol. The molecule has 120 valence electrons. The first kappa shape index (κ1) is 17.9. The zero-order valence-electron chi connectivity index (χ0n) is 13.4. The summed E-state index contributed by atoms with van der Waals surface area (Å²) in [7, 11) is 0. The molecule has 0 aliphatic carbocycles. The number of hydrogen-bond donors (Lipinski definition) is 0. The Kier molecular flexibility index (Phi) is 5.89. The van der Waals surface area contributed by atoms with Gasteiger partial charge < -0.3 is 4.74 Å². The summed E-state index contributed by atoms with van der Waals surface area (Å²) in [4.78, 5) is 17.4. The van der Waals surface area contributed by atoms with E-state index >= 15 is 0 Å². The number of carbonyl (C=O) groups excluding carboxylic acids is 1. The van der Waals surface area contributed by atoms with Crippen molar-refractivity contribution in [2.24, 2.45) is 0 Å². The van der Waals surface area contributed by atoms with Crippen LogP contribution in [0.5, 0.6) is 0 Å². The Morgan fingerprint density at radius 1 is 1.50 bits per heavy atom. The lowest BCUT2D eigenvalue weighted by atomic mass is 10.0. The number of amides is 1. The monoisotopic (exact) mass is 308 g/mol. The van der Waals surface area contributed by atoms with Crippen molar-refractivity contribution in [2.45, 2.75) is 45.8 Å². The van der Waals surface area contributed by atoms with Gasteiger partial charge >= 0.3 is 6.09 Å². The molecule has 6 heteroatoms. The number of hydrogen-bond acceptors (Lipinski definition) is 4. The molecule has 1 heterocycles. The molecule has 1 fully saturated rings. The maximum absolute atomic E-state index is 12.9. The van der Waals surface area contributed by atoms with E-state index in [4.69, 9.17) is 14.8 Å². The lowest BCUT2D eigenvalue weighted by Crippen LogP contribution is -2.39. The third-order valence-corrected chi connectivity index (χ3v) is 2.73. The van der Waals surface area contributed by atoms with E-state index in [0.29, 0.717) is 18.6 Å². The number of hydroxylamine groups is 2. The maximum Gasteiger partial charge on any atom is 0.435 e. The van der Waals surface area contributed by atoms with Crippen LogP contribution < -0.4 is 0 Å². The molecule has 1 rings (SSSR count). The van der Waals surface area contributed by atoms with E-state index in [1.807, 2.05) is 6.07 Å². The summed E-state index contributed by atoms with van der Waals surface area (Å²) in [5.74, 6) is -0.479. The van der Waals surface area contributed by atoms with Crippen LogP contribution in [0.4, 0.5) is 9.18 Å². The summed E-state index contributed by atoms with van der Waals surface area (Å²) in [6.07, 6.45) is 2.48. The highest BCUT2D eigenvalue weighted by Crippen LogP contribution is 2.25. The van der Waals surface area contributed by atoms with Crippen LogP contribution in [-0.2, 0) is 9.57 Å². The molecule has 0 aromatic heterocycles. The standard InChI is InChI=1S/C16H21FN2O3/c1-11(8-13(10-18)9-12(2)17)14-6-7-21-19(14)15(20)22-16(3,4)5/h8-9,14H,1,6-7H2,2-5H3/b12-9+,13-8+/t14-/m0/s1. The fourth-order valence-corrected chi connectivity index (χ4v) is 1.91. The molecular formula is C16H21FN2O3. The molecule has 0 saturated carbocycles. The molecule has 1 saturated heterocycles. The molecule has 0 aromatic carbocycles. The zero-order chi connectivity index (χ0) is 16.9. The Morgan fingerprint density at radius 3 is 2.64 bits per heavy atom. The fraction of sp³-hybridized carbons (Fsp3) is 0.500. The summed E-state index contributed by atoms with van der Waals surface area (Å²) in [6, 6.07) is 1.44. The van der Waals surface area contributed by atoms with E-state index in [-0.39, 0.29) is 5.57 Å². The van der Waals surface area contributed by atoms with Crippen LogP contribution in [0, 0.1) is 11.3 Å². The SMILES string of the molecule is C=C(/C=C(C#N)\C=C(/C)F)[C@@H]1CCON1C(=O)OC(C)(C)C. The van der Waals surface area contributed by atoms with Crippen molar-refractivity contribution in [3.05, 3.63) is 35.7 Å². The van der Waals surface area contributed by atoms with Crippen molar-refractivity contribution in [1.29, 1.82) is 5.26 Å². The first-order valence-corrected chi connectivity index (χ1v) is 6.93. The number of carbonyl (C=O) groups is 1. The Hall–Kier alpha value is -2.13. The number of nitriles is 1. The van der Waals surface area contributed by atoms with Crippen LogP contribution in [0.25, 0.3) is 0 Å². The average Bonchev–Trinajstić information content (AvgIpc) is 2.84. The second kappa shape index (κ2) is 7.23. The Balaban J connectivity index is 2.89. The van der Waals surface area contributed by atoms with Gasteiger partial charge in [-0.3, -0.25) is 4.84 Å². The van der Waals surface area contributed by atoms with Crippen LogP contribution in [0.3, 0.4) is 0 Å². The van der Waals surface area contributed by atoms with Gasteiger partial charge in [0.15, 0.2) is 0 Å². The first-order valence-electron chi connectivity index (χ1n) is 6.93. The molecule has 0 bridgehead atoms. The van der Waals surface area contributed by atoms with Crippen LogP contribution in [0.1, 0.15) is 34.1 Å². The maximum atomic E-state index is 12.9. The normalized spacial score (nSPS) is 19.8. The minimum Gasteiger partial charge on any atom is -0.442 e. The molecule has 5 nitrogen and oxygen atoms in total. The van der Waals surface area contributed by atoms with Gasteiger partial charge in [0.25, 0.3) is 0 Å². The molecule has 1 aliphatic rings. The van der Waals surface area contributed by atoms with Crippen LogP contribution >= 0.6 is 0 Å². The molecule has 22 heavy (non-hydrogen) atoms. The fourth-order valence-electron chi connectivity index (χ4n) is 1.91. The van der Waals surface area contributed by atoms with Crippen molar-refractivity contribution < 1.29 is 18.8 Å². The molecule has 1 amide bonds. The largest absolute Gasteiger partial charge is 0.442 e. The van der Waals surface area contributed by atoms with Gasteiger partial charge in [-0.05, 0) is 45.4 Å². The van der Waals surface area contributed by atoms with Crippen molar-refractivity contribution in [1.82, 2.24) is 5.06 Å². The number of nitrogens with zero attached hydrogens (tertiary/aromatic N) is 2.